The fraction of sp³-hybridized carbons (Fsp3) is 0.350. The Hall–Kier alpha value is -2.35. The zero-order valence-corrected chi connectivity index (χ0v) is 16.0. The summed E-state index contributed by atoms with van der Waals surface area (Å²) < 4.78 is 62.0. The van der Waals surface area contributed by atoms with Crippen LogP contribution in [0.4, 0.5) is 13.2 Å². The van der Waals surface area contributed by atoms with Crippen molar-refractivity contribution in [1.82, 2.24) is 4.98 Å². The van der Waals surface area contributed by atoms with Crippen molar-refractivity contribution in [3.63, 3.8) is 0 Å². The van der Waals surface area contributed by atoms with Crippen LogP contribution < -0.4 is 5.56 Å². The summed E-state index contributed by atoms with van der Waals surface area (Å²) in [7, 11) is -3.36. The Morgan fingerprint density at radius 2 is 1.68 bits per heavy atom. The van der Waals surface area contributed by atoms with Gasteiger partial charge in [0.1, 0.15) is 5.56 Å². The maximum absolute atomic E-state index is 12.9. The minimum Gasteiger partial charge on any atom is -0.321 e. The van der Waals surface area contributed by atoms with E-state index in [0.29, 0.717) is 11.1 Å². The van der Waals surface area contributed by atoms with Gasteiger partial charge in [-0.3, -0.25) is 4.79 Å². The van der Waals surface area contributed by atoms with Crippen molar-refractivity contribution in [2.75, 3.05) is 6.26 Å². The molecule has 1 aromatic heterocycles. The highest BCUT2D eigenvalue weighted by atomic mass is 32.2. The van der Waals surface area contributed by atoms with Crippen molar-refractivity contribution in [2.24, 2.45) is 5.92 Å². The molecule has 2 aromatic rings. The number of aromatic amines is 1. The molecule has 0 radical (unpaired) electrons. The third kappa shape index (κ3) is 4.55. The van der Waals surface area contributed by atoms with E-state index in [1.165, 1.54) is 18.2 Å². The molecule has 0 spiro atoms. The van der Waals surface area contributed by atoms with Crippen LogP contribution in [0.2, 0.25) is 0 Å². The van der Waals surface area contributed by atoms with E-state index >= 15 is 0 Å². The number of H-pyrrole nitrogens is 1. The number of hydrogen-bond acceptors (Lipinski definition) is 3. The number of allylic oxidation sites excluding steroid dienone is 1. The Kier molecular flexibility index (Phi) is 5.52. The highest BCUT2D eigenvalue weighted by molar-refractivity contribution is 7.90. The smallest absolute Gasteiger partial charge is 0.321 e. The number of nitrogens with one attached hydrogen (secondary N) is 1. The summed E-state index contributed by atoms with van der Waals surface area (Å²) in [6.07, 6.45) is 2.42. The maximum Gasteiger partial charge on any atom is 0.421 e. The van der Waals surface area contributed by atoms with Gasteiger partial charge in [-0.05, 0) is 48.6 Å². The van der Waals surface area contributed by atoms with E-state index < -0.39 is 27.1 Å². The lowest BCUT2D eigenvalue weighted by Crippen LogP contribution is -2.22. The number of hydrogen-bond donors (Lipinski definition) is 1. The summed E-state index contributed by atoms with van der Waals surface area (Å²) in [5.74, 6) is 0.260. The first-order valence-corrected chi connectivity index (χ1v) is 10.8. The molecule has 0 aliphatic heterocycles. The second-order valence-electron chi connectivity index (χ2n) is 7.03. The van der Waals surface area contributed by atoms with Gasteiger partial charge in [0, 0.05) is 17.5 Å². The van der Waals surface area contributed by atoms with Crippen LogP contribution in [0.25, 0.3) is 5.57 Å². The largest absolute Gasteiger partial charge is 0.421 e. The van der Waals surface area contributed by atoms with E-state index in [4.69, 9.17) is 0 Å². The maximum atomic E-state index is 12.9. The zero-order chi connectivity index (χ0) is 20.5. The molecule has 0 saturated heterocycles. The van der Waals surface area contributed by atoms with Crippen molar-refractivity contribution < 1.29 is 21.6 Å². The van der Waals surface area contributed by atoms with Gasteiger partial charge < -0.3 is 4.98 Å². The molecular formula is C20H20F3NO3S. The predicted octanol–water partition coefficient (Wildman–Crippen LogP) is 4.42. The van der Waals surface area contributed by atoms with Crippen molar-refractivity contribution >= 4 is 15.4 Å². The van der Waals surface area contributed by atoms with E-state index in [1.807, 2.05) is 6.08 Å². The van der Waals surface area contributed by atoms with Gasteiger partial charge in [-0.25, -0.2) is 8.42 Å². The molecular weight excluding hydrogens is 391 g/mol. The molecule has 150 valence electrons. The number of rotatable bonds is 4. The Bertz CT molecular complexity index is 1050. The molecule has 0 atom stereocenters. The standard InChI is InChI=1S/C20H20F3NO3S/c1-28(26,27)15-8-6-14(7-9-15)16(12-13-4-2-3-5-13)18-11-10-17(19(25)24-18)20(21,22)23/h6-13H,2-5H2,1H3,(H,24,25). The normalized spacial score (nSPS) is 16.5. The Morgan fingerprint density at radius 3 is 2.18 bits per heavy atom. The first kappa shape index (κ1) is 20.4. The average Bonchev–Trinajstić information content (AvgIpc) is 3.11. The molecule has 1 N–H and O–H groups in total. The van der Waals surface area contributed by atoms with E-state index in [2.05, 4.69) is 4.98 Å². The summed E-state index contributed by atoms with van der Waals surface area (Å²) in [5, 5.41) is 0. The number of pyridine rings is 1. The van der Waals surface area contributed by atoms with Crippen LogP contribution in [0.5, 0.6) is 0 Å². The highest BCUT2D eigenvalue weighted by Gasteiger charge is 2.34. The summed E-state index contributed by atoms with van der Waals surface area (Å²) >= 11 is 0. The molecule has 1 fully saturated rings. The highest BCUT2D eigenvalue weighted by Crippen LogP contribution is 2.32. The molecule has 0 unspecified atom stereocenters. The lowest BCUT2D eigenvalue weighted by atomic mass is 9.96. The lowest BCUT2D eigenvalue weighted by Gasteiger charge is -2.13. The topological polar surface area (TPSA) is 67.0 Å². The van der Waals surface area contributed by atoms with Gasteiger partial charge in [-0.2, -0.15) is 13.2 Å². The van der Waals surface area contributed by atoms with Crippen molar-refractivity contribution in [2.45, 2.75) is 36.8 Å². The summed E-state index contributed by atoms with van der Waals surface area (Å²) in [4.78, 5) is 14.5. The SMILES string of the molecule is CS(=O)(=O)c1ccc(C(=CC2CCCC2)c2ccc(C(F)(F)F)c(=O)[nH]2)cc1. The van der Waals surface area contributed by atoms with Crippen LogP contribution in [0, 0.1) is 5.92 Å². The van der Waals surface area contributed by atoms with E-state index in [9.17, 15) is 26.4 Å². The van der Waals surface area contributed by atoms with Gasteiger partial charge in [0.25, 0.3) is 5.56 Å². The molecule has 4 nitrogen and oxygen atoms in total. The average molecular weight is 411 g/mol. The lowest BCUT2D eigenvalue weighted by molar-refractivity contribution is -0.138. The van der Waals surface area contributed by atoms with Crippen molar-refractivity contribution in [3.05, 3.63) is 69.6 Å². The van der Waals surface area contributed by atoms with E-state index in [1.54, 1.807) is 12.1 Å². The van der Waals surface area contributed by atoms with E-state index in [-0.39, 0.29) is 16.5 Å². The first-order chi connectivity index (χ1) is 13.1. The van der Waals surface area contributed by atoms with Crippen LogP contribution >= 0.6 is 0 Å². The van der Waals surface area contributed by atoms with Gasteiger partial charge in [0.15, 0.2) is 9.84 Å². The molecule has 1 aromatic carbocycles. The summed E-state index contributed by atoms with van der Waals surface area (Å²) in [5.41, 5.74) is -0.941. The third-order valence-corrected chi connectivity index (χ3v) is 6.03. The third-order valence-electron chi connectivity index (χ3n) is 4.90. The van der Waals surface area contributed by atoms with Crippen LogP contribution in [-0.4, -0.2) is 19.7 Å². The molecule has 1 aliphatic carbocycles. The fourth-order valence-corrected chi connectivity index (χ4v) is 4.07. The van der Waals surface area contributed by atoms with E-state index in [0.717, 1.165) is 38.0 Å². The molecule has 8 heteroatoms. The Labute approximate surface area is 161 Å². The quantitative estimate of drug-likeness (QED) is 0.810. The number of halogens is 3. The second-order valence-corrected chi connectivity index (χ2v) is 9.05. The van der Waals surface area contributed by atoms with Crippen molar-refractivity contribution in [1.29, 1.82) is 0 Å². The second kappa shape index (κ2) is 7.58. The molecule has 3 rings (SSSR count). The number of aromatic nitrogens is 1. The summed E-state index contributed by atoms with van der Waals surface area (Å²) in [6, 6.07) is 8.14. The Balaban J connectivity index is 2.08. The van der Waals surface area contributed by atoms with Crippen LogP contribution in [-0.2, 0) is 16.0 Å². The molecule has 28 heavy (non-hydrogen) atoms. The first-order valence-electron chi connectivity index (χ1n) is 8.89. The van der Waals surface area contributed by atoms with Crippen LogP contribution in [0.1, 0.15) is 42.5 Å². The van der Waals surface area contributed by atoms with Gasteiger partial charge in [-0.15, -0.1) is 0 Å². The van der Waals surface area contributed by atoms with Gasteiger partial charge in [0.2, 0.25) is 0 Å². The minimum atomic E-state index is -4.72. The number of alkyl halides is 3. The molecule has 1 heterocycles. The molecule has 1 aliphatic rings. The van der Waals surface area contributed by atoms with Crippen LogP contribution in [0.3, 0.4) is 0 Å². The monoisotopic (exact) mass is 411 g/mol. The number of benzene rings is 1. The minimum absolute atomic E-state index is 0.150. The predicted molar refractivity (Wildman–Crippen MR) is 101 cm³/mol. The Morgan fingerprint density at radius 1 is 1.07 bits per heavy atom. The summed E-state index contributed by atoms with van der Waals surface area (Å²) in [6.45, 7) is 0. The van der Waals surface area contributed by atoms with Crippen molar-refractivity contribution in [3.8, 4) is 0 Å². The zero-order valence-electron chi connectivity index (χ0n) is 15.2. The number of sulfone groups is 1. The van der Waals surface area contributed by atoms with Gasteiger partial charge in [0.05, 0.1) is 4.90 Å². The molecule has 0 amide bonds. The molecule has 0 bridgehead atoms. The molecule has 1 saturated carbocycles. The fourth-order valence-electron chi connectivity index (χ4n) is 3.44. The van der Waals surface area contributed by atoms with Gasteiger partial charge >= 0.3 is 6.18 Å². The van der Waals surface area contributed by atoms with Gasteiger partial charge in [-0.1, -0.05) is 31.1 Å². The van der Waals surface area contributed by atoms with Crippen LogP contribution in [0.15, 0.2) is 52.2 Å².